The molecule has 0 amide bonds. The van der Waals surface area contributed by atoms with Crippen LogP contribution in [0.3, 0.4) is 0 Å². The molecule has 0 saturated carbocycles. The summed E-state index contributed by atoms with van der Waals surface area (Å²) in [6.07, 6.45) is 3.55. The molecule has 0 bridgehead atoms. The SMILES string of the molecule is CC[C@@H](CN1CCCc2cc(Br)ccc21)NSc1c(C)cc(C)cc1C. The van der Waals surface area contributed by atoms with Gasteiger partial charge in [0.2, 0.25) is 0 Å². The van der Waals surface area contributed by atoms with Gasteiger partial charge in [0.1, 0.15) is 0 Å². The third-order valence-electron chi connectivity index (χ3n) is 5.12. The van der Waals surface area contributed by atoms with Crippen LogP contribution in [0.4, 0.5) is 5.69 Å². The van der Waals surface area contributed by atoms with Crippen LogP contribution in [0.25, 0.3) is 0 Å². The molecule has 0 aliphatic carbocycles. The molecule has 1 heterocycles. The zero-order valence-electron chi connectivity index (χ0n) is 16.2. The molecule has 0 unspecified atom stereocenters. The van der Waals surface area contributed by atoms with E-state index in [0.717, 1.165) is 19.5 Å². The van der Waals surface area contributed by atoms with Crippen molar-refractivity contribution in [2.24, 2.45) is 0 Å². The average Bonchev–Trinajstić information content (AvgIpc) is 2.59. The van der Waals surface area contributed by atoms with E-state index >= 15 is 0 Å². The second-order valence-corrected chi connectivity index (χ2v) is 9.14. The molecular weight excluding hydrogens is 404 g/mol. The van der Waals surface area contributed by atoms with Gasteiger partial charge in [-0.15, -0.1) is 0 Å². The van der Waals surface area contributed by atoms with Gasteiger partial charge in [-0.25, -0.2) is 0 Å². The lowest BCUT2D eigenvalue weighted by Gasteiger charge is -2.34. The summed E-state index contributed by atoms with van der Waals surface area (Å²) in [6, 6.07) is 11.7. The van der Waals surface area contributed by atoms with Gasteiger partial charge in [-0.2, -0.15) is 0 Å². The first kappa shape index (κ1) is 19.8. The van der Waals surface area contributed by atoms with Crippen LogP contribution in [0.5, 0.6) is 0 Å². The highest BCUT2D eigenvalue weighted by Gasteiger charge is 2.20. The Hall–Kier alpha value is -0.970. The summed E-state index contributed by atoms with van der Waals surface area (Å²) in [5, 5.41) is 0. The number of hydrogen-bond acceptors (Lipinski definition) is 3. The number of fused-ring (bicyclic) bond motifs is 1. The van der Waals surface area contributed by atoms with Crippen molar-refractivity contribution in [3.63, 3.8) is 0 Å². The molecule has 4 heteroatoms. The topological polar surface area (TPSA) is 15.3 Å². The van der Waals surface area contributed by atoms with Crippen molar-refractivity contribution in [2.75, 3.05) is 18.0 Å². The van der Waals surface area contributed by atoms with Crippen LogP contribution in [0.1, 0.15) is 42.0 Å². The fourth-order valence-corrected chi connectivity index (χ4v) is 5.19. The summed E-state index contributed by atoms with van der Waals surface area (Å²) < 4.78 is 4.93. The molecule has 140 valence electrons. The van der Waals surface area contributed by atoms with Gasteiger partial charge >= 0.3 is 0 Å². The van der Waals surface area contributed by atoms with Crippen molar-refractivity contribution in [3.05, 3.63) is 57.1 Å². The molecule has 2 aromatic carbocycles. The van der Waals surface area contributed by atoms with Crippen molar-refractivity contribution in [2.45, 2.75) is 57.9 Å². The summed E-state index contributed by atoms with van der Waals surface area (Å²) in [4.78, 5) is 3.93. The lowest BCUT2D eigenvalue weighted by Crippen LogP contribution is -2.40. The third kappa shape index (κ3) is 4.65. The summed E-state index contributed by atoms with van der Waals surface area (Å²) >= 11 is 5.41. The fourth-order valence-electron chi connectivity index (χ4n) is 3.82. The maximum absolute atomic E-state index is 3.74. The molecule has 0 saturated heterocycles. The number of nitrogens with one attached hydrogen (secondary N) is 1. The zero-order valence-corrected chi connectivity index (χ0v) is 18.6. The largest absolute Gasteiger partial charge is 0.370 e. The van der Waals surface area contributed by atoms with Gasteiger partial charge in [-0.05, 0) is 86.9 Å². The van der Waals surface area contributed by atoms with E-state index in [1.165, 1.54) is 50.2 Å². The Labute approximate surface area is 171 Å². The number of nitrogens with zero attached hydrogens (tertiary/aromatic N) is 1. The third-order valence-corrected chi connectivity index (χ3v) is 6.91. The minimum absolute atomic E-state index is 0.467. The second-order valence-electron chi connectivity index (χ2n) is 7.38. The highest BCUT2D eigenvalue weighted by Crippen LogP contribution is 2.31. The van der Waals surface area contributed by atoms with E-state index < -0.39 is 0 Å². The monoisotopic (exact) mass is 432 g/mol. The van der Waals surface area contributed by atoms with Gasteiger partial charge in [0.15, 0.2) is 0 Å². The maximum atomic E-state index is 3.74. The smallest absolute Gasteiger partial charge is 0.0400 e. The van der Waals surface area contributed by atoms with Crippen LogP contribution in [-0.2, 0) is 6.42 Å². The minimum atomic E-state index is 0.467. The molecule has 1 N–H and O–H groups in total. The van der Waals surface area contributed by atoms with E-state index in [4.69, 9.17) is 0 Å². The van der Waals surface area contributed by atoms with Crippen molar-refractivity contribution >= 4 is 33.6 Å². The van der Waals surface area contributed by atoms with E-state index in [1.54, 1.807) is 11.9 Å². The number of rotatable bonds is 6. The molecule has 0 fully saturated rings. The summed E-state index contributed by atoms with van der Waals surface area (Å²) in [5.74, 6) is 0. The van der Waals surface area contributed by atoms with Gasteiger partial charge in [0.05, 0.1) is 0 Å². The number of benzene rings is 2. The van der Waals surface area contributed by atoms with Gasteiger partial charge in [0, 0.05) is 34.2 Å². The van der Waals surface area contributed by atoms with Crippen LogP contribution in [0.2, 0.25) is 0 Å². The van der Waals surface area contributed by atoms with Crippen LogP contribution in [0, 0.1) is 20.8 Å². The standard InChI is InChI=1S/C22H29BrN2S/c1-5-20(24-26-22-16(3)11-15(2)12-17(22)4)14-25-10-6-7-18-13-19(23)8-9-21(18)25/h8-9,11-13,20,24H,5-7,10,14H2,1-4H3/t20-/m0/s1. The Balaban J connectivity index is 1.68. The number of anilines is 1. The molecule has 1 aliphatic rings. The zero-order chi connectivity index (χ0) is 18.7. The highest BCUT2D eigenvalue weighted by atomic mass is 79.9. The van der Waals surface area contributed by atoms with Gasteiger partial charge < -0.3 is 4.90 Å². The first-order chi connectivity index (χ1) is 12.5. The van der Waals surface area contributed by atoms with Crippen molar-refractivity contribution in [1.82, 2.24) is 4.72 Å². The van der Waals surface area contributed by atoms with Gasteiger partial charge in [0.25, 0.3) is 0 Å². The normalized spacial score (nSPS) is 15.0. The fraction of sp³-hybridized carbons (Fsp3) is 0.455. The average molecular weight is 433 g/mol. The Morgan fingerprint density at radius 2 is 1.88 bits per heavy atom. The van der Waals surface area contributed by atoms with E-state index in [2.05, 4.69) is 83.6 Å². The number of hydrogen-bond donors (Lipinski definition) is 1. The van der Waals surface area contributed by atoms with E-state index in [9.17, 15) is 0 Å². The van der Waals surface area contributed by atoms with Crippen LogP contribution < -0.4 is 9.62 Å². The van der Waals surface area contributed by atoms with Crippen LogP contribution in [0.15, 0.2) is 39.7 Å². The highest BCUT2D eigenvalue weighted by molar-refractivity contribution is 9.10. The second kappa shape index (κ2) is 8.81. The van der Waals surface area contributed by atoms with Crippen molar-refractivity contribution in [1.29, 1.82) is 0 Å². The predicted molar refractivity (Wildman–Crippen MR) is 118 cm³/mol. The van der Waals surface area contributed by atoms with Gasteiger partial charge in [-0.3, -0.25) is 4.72 Å². The molecule has 1 aliphatic heterocycles. The van der Waals surface area contributed by atoms with Crippen LogP contribution >= 0.6 is 27.9 Å². The molecular formula is C22H29BrN2S. The first-order valence-corrected chi connectivity index (χ1v) is 11.1. The number of aryl methyl sites for hydroxylation is 4. The molecule has 2 aromatic rings. The molecule has 0 spiro atoms. The molecule has 0 radical (unpaired) electrons. The predicted octanol–water partition coefficient (Wildman–Crippen LogP) is 6.20. The van der Waals surface area contributed by atoms with E-state index in [-0.39, 0.29) is 0 Å². The van der Waals surface area contributed by atoms with E-state index in [0.29, 0.717) is 6.04 Å². The molecule has 0 aromatic heterocycles. The van der Waals surface area contributed by atoms with Crippen molar-refractivity contribution in [3.8, 4) is 0 Å². The lowest BCUT2D eigenvalue weighted by atomic mass is 10.0. The Morgan fingerprint density at radius 3 is 2.58 bits per heavy atom. The molecule has 1 atom stereocenters. The lowest BCUT2D eigenvalue weighted by molar-refractivity contribution is 0.566. The summed E-state index contributed by atoms with van der Waals surface area (Å²) in [5.41, 5.74) is 6.95. The molecule has 2 nitrogen and oxygen atoms in total. The number of halogens is 1. The molecule has 3 rings (SSSR count). The summed E-state index contributed by atoms with van der Waals surface area (Å²) in [7, 11) is 0. The quantitative estimate of drug-likeness (QED) is 0.546. The summed E-state index contributed by atoms with van der Waals surface area (Å²) in [6.45, 7) is 11.1. The Morgan fingerprint density at radius 1 is 1.15 bits per heavy atom. The Bertz CT molecular complexity index is 752. The minimum Gasteiger partial charge on any atom is -0.370 e. The maximum Gasteiger partial charge on any atom is 0.0400 e. The first-order valence-electron chi connectivity index (χ1n) is 9.51. The van der Waals surface area contributed by atoms with Gasteiger partial charge in [-0.1, -0.05) is 40.5 Å². The van der Waals surface area contributed by atoms with E-state index in [1.807, 2.05) is 0 Å². The van der Waals surface area contributed by atoms with Crippen molar-refractivity contribution < 1.29 is 0 Å². The Kier molecular flexibility index (Phi) is 6.70. The van der Waals surface area contributed by atoms with Crippen LogP contribution in [-0.4, -0.2) is 19.1 Å². The molecule has 26 heavy (non-hydrogen) atoms.